The number of anilines is 6. The van der Waals surface area contributed by atoms with Gasteiger partial charge in [0.25, 0.3) is 0 Å². The summed E-state index contributed by atoms with van der Waals surface area (Å²) in [6.45, 7) is 2.80. The number of nitrogens with one attached hydrogen (secondary N) is 1. The van der Waals surface area contributed by atoms with E-state index in [0.29, 0.717) is 17.3 Å². The molecule has 0 fully saturated rings. The quantitative estimate of drug-likeness (QED) is 0.409. The average Bonchev–Trinajstić information content (AvgIpc) is 2.82. The number of hydrazine groups is 1. The number of hydrogen-bond donors (Lipinski definition) is 2. The maximum Gasteiger partial charge on any atom is 0.173 e. The molecule has 30 heavy (non-hydrogen) atoms. The fourth-order valence-corrected chi connectivity index (χ4v) is 3.29. The third-order valence-corrected chi connectivity index (χ3v) is 4.75. The minimum atomic E-state index is 0.486. The Balaban J connectivity index is 1.72. The molecule has 0 amide bonds. The number of nitrogen functional groups attached to an aromatic ring is 1. The number of para-hydroxylation sites is 3. The number of nitrogens with zero attached hydrogens (tertiary/aromatic N) is 4. The lowest BCUT2D eigenvalue weighted by atomic mass is 10.2. The molecule has 1 heterocycles. The third kappa shape index (κ3) is 4.03. The van der Waals surface area contributed by atoms with Gasteiger partial charge < -0.3 is 10.6 Å². The molecule has 6 nitrogen and oxygen atoms in total. The highest BCUT2D eigenvalue weighted by Gasteiger charge is 2.18. The molecule has 0 aliphatic carbocycles. The Hall–Kier alpha value is -4.06. The van der Waals surface area contributed by atoms with Crippen LogP contribution in [0.4, 0.5) is 34.4 Å². The van der Waals surface area contributed by atoms with Crippen molar-refractivity contribution in [2.24, 2.45) is 0 Å². The van der Waals surface area contributed by atoms with Crippen molar-refractivity contribution in [2.75, 3.05) is 27.6 Å². The van der Waals surface area contributed by atoms with E-state index in [9.17, 15) is 0 Å². The van der Waals surface area contributed by atoms with Gasteiger partial charge in [-0.25, -0.2) is 9.97 Å². The Morgan fingerprint density at radius 3 is 1.73 bits per heavy atom. The number of nitrogens with two attached hydrogens (primary N) is 1. The van der Waals surface area contributed by atoms with Gasteiger partial charge in [0, 0.05) is 12.2 Å². The molecule has 6 heteroatoms. The van der Waals surface area contributed by atoms with Crippen molar-refractivity contribution in [1.82, 2.24) is 9.97 Å². The summed E-state index contributed by atoms with van der Waals surface area (Å²) in [6, 6.07) is 30.1. The summed E-state index contributed by atoms with van der Waals surface area (Å²) in [5.41, 5.74) is 13.4. The van der Waals surface area contributed by atoms with Crippen LogP contribution < -0.4 is 21.1 Å². The second-order valence-corrected chi connectivity index (χ2v) is 6.66. The molecule has 1 aromatic heterocycles. The predicted molar refractivity (Wildman–Crippen MR) is 124 cm³/mol. The van der Waals surface area contributed by atoms with Crippen LogP contribution in [0.3, 0.4) is 0 Å². The van der Waals surface area contributed by atoms with Gasteiger partial charge in [0.05, 0.1) is 11.4 Å². The Morgan fingerprint density at radius 1 is 0.733 bits per heavy atom. The van der Waals surface area contributed by atoms with Gasteiger partial charge in [-0.2, -0.15) is 0 Å². The fraction of sp³-hybridized carbons (Fsp3) is 0.0833. The minimum Gasteiger partial charge on any atom is -0.393 e. The lowest BCUT2D eigenvalue weighted by Gasteiger charge is -2.28. The first-order valence-electron chi connectivity index (χ1n) is 9.88. The van der Waals surface area contributed by atoms with Gasteiger partial charge in [0.1, 0.15) is 12.0 Å². The fourth-order valence-electron chi connectivity index (χ4n) is 3.29. The Labute approximate surface area is 176 Å². The van der Waals surface area contributed by atoms with Crippen LogP contribution >= 0.6 is 0 Å². The topological polar surface area (TPSA) is 70.3 Å². The van der Waals surface area contributed by atoms with Gasteiger partial charge in [-0.05, 0) is 43.3 Å². The van der Waals surface area contributed by atoms with Crippen molar-refractivity contribution in [2.45, 2.75) is 6.92 Å². The van der Waals surface area contributed by atoms with Gasteiger partial charge in [-0.3, -0.25) is 10.4 Å². The van der Waals surface area contributed by atoms with Crippen LogP contribution in [0, 0.1) is 0 Å². The zero-order chi connectivity index (χ0) is 20.8. The predicted octanol–water partition coefficient (Wildman–Crippen LogP) is 5.38. The van der Waals surface area contributed by atoms with E-state index >= 15 is 0 Å². The molecule has 0 saturated carbocycles. The second-order valence-electron chi connectivity index (χ2n) is 6.66. The first kappa shape index (κ1) is 19.3. The van der Waals surface area contributed by atoms with Crippen molar-refractivity contribution in [3.05, 3.63) is 97.3 Å². The lowest BCUT2D eigenvalue weighted by Crippen LogP contribution is -2.27. The second kappa shape index (κ2) is 8.96. The summed E-state index contributed by atoms with van der Waals surface area (Å²) in [7, 11) is 0. The summed E-state index contributed by atoms with van der Waals surface area (Å²) in [6.07, 6.45) is 1.54. The number of rotatable bonds is 7. The normalized spacial score (nSPS) is 10.4. The largest absolute Gasteiger partial charge is 0.393 e. The summed E-state index contributed by atoms with van der Waals surface area (Å²) >= 11 is 0. The molecule has 3 N–H and O–H groups in total. The van der Waals surface area contributed by atoms with E-state index in [1.54, 1.807) is 0 Å². The average molecular weight is 396 g/mol. The molecule has 0 unspecified atom stereocenters. The highest BCUT2D eigenvalue weighted by molar-refractivity contribution is 5.81. The maximum atomic E-state index is 6.55. The number of aromatic nitrogens is 2. The standard InChI is InChI=1S/C24H24N6/c1-2-29(19-12-6-3-7-13-19)24-22(25)23(26-18-27-24)28-30(20-14-8-4-9-15-20)21-16-10-5-11-17-21/h3-18H,2,25H2,1H3,(H,26,27,28). The summed E-state index contributed by atoms with van der Waals surface area (Å²) in [4.78, 5) is 11.0. The lowest BCUT2D eigenvalue weighted by molar-refractivity contribution is 0.976. The van der Waals surface area contributed by atoms with E-state index in [1.807, 2.05) is 96.0 Å². The molecule has 0 spiro atoms. The van der Waals surface area contributed by atoms with E-state index in [1.165, 1.54) is 6.33 Å². The van der Waals surface area contributed by atoms with E-state index in [2.05, 4.69) is 27.2 Å². The van der Waals surface area contributed by atoms with Crippen LogP contribution in [-0.4, -0.2) is 16.5 Å². The molecule has 4 rings (SSSR count). The van der Waals surface area contributed by atoms with Crippen molar-refractivity contribution < 1.29 is 0 Å². The first-order chi connectivity index (χ1) is 14.8. The molecule has 0 bridgehead atoms. The highest BCUT2D eigenvalue weighted by atomic mass is 15.5. The van der Waals surface area contributed by atoms with Crippen LogP contribution in [0.25, 0.3) is 0 Å². The van der Waals surface area contributed by atoms with Crippen LogP contribution in [0.5, 0.6) is 0 Å². The highest BCUT2D eigenvalue weighted by Crippen LogP contribution is 2.33. The molecule has 0 saturated heterocycles. The molecular weight excluding hydrogens is 372 g/mol. The van der Waals surface area contributed by atoms with E-state index in [4.69, 9.17) is 5.73 Å². The molecule has 0 radical (unpaired) electrons. The van der Waals surface area contributed by atoms with Crippen LogP contribution in [-0.2, 0) is 0 Å². The monoisotopic (exact) mass is 396 g/mol. The number of hydrogen-bond acceptors (Lipinski definition) is 6. The summed E-state index contributed by atoms with van der Waals surface area (Å²) in [5, 5.41) is 1.96. The molecule has 4 aromatic rings. The Kier molecular flexibility index (Phi) is 5.75. The smallest absolute Gasteiger partial charge is 0.173 e. The van der Waals surface area contributed by atoms with Crippen LogP contribution in [0.15, 0.2) is 97.3 Å². The van der Waals surface area contributed by atoms with Crippen LogP contribution in [0.2, 0.25) is 0 Å². The molecule has 3 aromatic carbocycles. The van der Waals surface area contributed by atoms with Gasteiger partial charge in [0.15, 0.2) is 11.6 Å². The van der Waals surface area contributed by atoms with E-state index in [0.717, 1.165) is 23.6 Å². The third-order valence-electron chi connectivity index (χ3n) is 4.75. The molecular formula is C24H24N6. The van der Waals surface area contributed by atoms with E-state index < -0.39 is 0 Å². The van der Waals surface area contributed by atoms with Crippen molar-refractivity contribution in [1.29, 1.82) is 0 Å². The molecule has 0 aliphatic rings. The SMILES string of the molecule is CCN(c1ccccc1)c1ncnc(NN(c2ccccc2)c2ccccc2)c1N. The van der Waals surface area contributed by atoms with Crippen molar-refractivity contribution >= 4 is 34.4 Å². The van der Waals surface area contributed by atoms with Gasteiger partial charge in [0.2, 0.25) is 0 Å². The summed E-state index contributed by atoms with van der Waals surface area (Å²) in [5.74, 6) is 1.21. The Morgan fingerprint density at radius 2 is 1.23 bits per heavy atom. The van der Waals surface area contributed by atoms with Gasteiger partial charge >= 0.3 is 0 Å². The summed E-state index contributed by atoms with van der Waals surface area (Å²) < 4.78 is 0. The molecule has 0 aliphatic heterocycles. The Bertz CT molecular complexity index is 1030. The van der Waals surface area contributed by atoms with E-state index in [-0.39, 0.29) is 0 Å². The van der Waals surface area contributed by atoms with Crippen molar-refractivity contribution in [3.8, 4) is 0 Å². The number of benzene rings is 3. The maximum absolute atomic E-state index is 6.55. The first-order valence-corrected chi connectivity index (χ1v) is 9.88. The minimum absolute atomic E-state index is 0.486. The van der Waals surface area contributed by atoms with Crippen molar-refractivity contribution in [3.63, 3.8) is 0 Å². The van der Waals surface area contributed by atoms with Crippen LogP contribution in [0.1, 0.15) is 6.92 Å². The van der Waals surface area contributed by atoms with Gasteiger partial charge in [-0.1, -0.05) is 54.6 Å². The van der Waals surface area contributed by atoms with Gasteiger partial charge in [-0.15, -0.1) is 0 Å². The zero-order valence-electron chi connectivity index (χ0n) is 16.8. The zero-order valence-corrected chi connectivity index (χ0v) is 16.8. The molecule has 0 atom stereocenters. The molecule has 150 valence electrons.